The van der Waals surface area contributed by atoms with E-state index in [0.29, 0.717) is 15.8 Å². The van der Waals surface area contributed by atoms with Crippen LogP contribution in [0.5, 0.6) is 0 Å². The summed E-state index contributed by atoms with van der Waals surface area (Å²) < 4.78 is 6.27. The molecule has 0 aliphatic rings. The molecule has 1 N–H and O–H groups in total. The van der Waals surface area contributed by atoms with Crippen molar-refractivity contribution < 1.29 is 14.3 Å². The lowest BCUT2D eigenvalue weighted by molar-refractivity contribution is -0.144. The lowest BCUT2D eigenvalue weighted by Crippen LogP contribution is -2.31. The van der Waals surface area contributed by atoms with Crippen molar-refractivity contribution in [1.29, 1.82) is 5.26 Å². The molecule has 1 amide bonds. The van der Waals surface area contributed by atoms with Gasteiger partial charge in [-0.3, -0.25) is 19.0 Å². The topological polar surface area (TPSA) is 114 Å². The van der Waals surface area contributed by atoms with Crippen molar-refractivity contribution >= 4 is 34.1 Å². The normalized spacial score (nSPS) is 10.3. The summed E-state index contributed by atoms with van der Waals surface area (Å²) in [5.41, 5.74) is 0.0768. The summed E-state index contributed by atoms with van der Waals surface area (Å²) in [4.78, 5) is 41.0. The molecule has 0 bridgehead atoms. The van der Waals surface area contributed by atoms with Crippen LogP contribution in [0.4, 0.5) is 0 Å². The Balaban J connectivity index is 1.69. The Kier molecular flexibility index (Phi) is 5.58. The van der Waals surface area contributed by atoms with Crippen LogP contribution in [0.15, 0.2) is 46.6 Å². The lowest BCUT2D eigenvalue weighted by Gasteiger charge is -2.11. The molecule has 0 spiro atoms. The first kappa shape index (κ1) is 18.3. The molecule has 27 heavy (non-hydrogen) atoms. The predicted octanol–water partition coefficient (Wildman–Crippen LogP) is 1.45. The molecule has 136 valence electrons. The molecule has 2 aromatic heterocycles. The second-order valence-electron chi connectivity index (χ2n) is 5.42. The molecule has 0 fully saturated rings. The minimum absolute atomic E-state index is 0.165. The fourth-order valence-corrected chi connectivity index (χ4v) is 3.04. The molecule has 9 heteroatoms. The minimum atomic E-state index is -0.675. The number of carbonyl (C=O) groups excluding carboxylic acids is 2. The highest BCUT2D eigenvalue weighted by Crippen LogP contribution is 2.09. The summed E-state index contributed by atoms with van der Waals surface area (Å²) in [7, 11) is 0. The average molecular weight is 382 g/mol. The van der Waals surface area contributed by atoms with Gasteiger partial charge in [-0.05, 0) is 23.6 Å². The number of fused-ring (bicyclic) bond motifs is 1. The van der Waals surface area contributed by atoms with E-state index in [9.17, 15) is 14.4 Å². The SMILES string of the molecule is N#CCn1c(COC(=O)CNC(=O)c2cccs2)nc2ccccc2c1=O. The number of esters is 1. The first-order valence-electron chi connectivity index (χ1n) is 7.93. The molecular formula is C18H14N4O4S. The third-order valence-corrected chi connectivity index (χ3v) is 4.54. The molecular weight excluding hydrogens is 368 g/mol. The summed E-state index contributed by atoms with van der Waals surface area (Å²) >= 11 is 1.26. The predicted molar refractivity (Wildman–Crippen MR) is 98.1 cm³/mol. The van der Waals surface area contributed by atoms with Crippen LogP contribution >= 0.6 is 11.3 Å². The summed E-state index contributed by atoms with van der Waals surface area (Å²) in [6.07, 6.45) is 0. The van der Waals surface area contributed by atoms with Crippen molar-refractivity contribution in [3.05, 3.63) is 62.8 Å². The highest BCUT2D eigenvalue weighted by atomic mass is 32.1. The Labute approximate surface area is 157 Å². The number of ether oxygens (including phenoxy) is 1. The number of hydrogen-bond donors (Lipinski definition) is 1. The molecule has 0 aliphatic carbocycles. The number of hydrogen-bond acceptors (Lipinski definition) is 7. The quantitative estimate of drug-likeness (QED) is 0.646. The zero-order chi connectivity index (χ0) is 19.2. The van der Waals surface area contributed by atoms with Crippen molar-refractivity contribution in [2.45, 2.75) is 13.2 Å². The third kappa shape index (κ3) is 4.19. The molecule has 3 aromatic rings. The lowest BCUT2D eigenvalue weighted by atomic mass is 10.2. The van der Waals surface area contributed by atoms with Gasteiger partial charge in [0.2, 0.25) is 0 Å². The summed E-state index contributed by atoms with van der Waals surface area (Å²) in [5, 5.41) is 13.6. The highest BCUT2D eigenvalue weighted by Gasteiger charge is 2.14. The van der Waals surface area contributed by atoms with Crippen LogP contribution in [0, 0.1) is 11.3 Å². The molecule has 2 heterocycles. The Morgan fingerprint density at radius 2 is 2.07 bits per heavy atom. The standard InChI is InChI=1S/C18H14N4O4S/c19-7-8-22-15(21-13-5-2-1-4-12(13)18(22)25)11-26-16(23)10-20-17(24)14-6-3-9-27-14/h1-6,9H,8,10-11H2,(H,20,24). The Hall–Kier alpha value is -3.51. The molecule has 0 saturated carbocycles. The maximum absolute atomic E-state index is 12.5. The van der Waals surface area contributed by atoms with Crippen molar-refractivity contribution in [3.8, 4) is 6.07 Å². The van der Waals surface area contributed by atoms with Gasteiger partial charge in [-0.1, -0.05) is 18.2 Å². The Morgan fingerprint density at radius 1 is 1.26 bits per heavy atom. The van der Waals surface area contributed by atoms with Gasteiger partial charge in [-0.15, -0.1) is 11.3 Å². The van der Waals surface area contributed by atoms with Crippen molar-refractivity contribution in [3.63, 3.8) is 0 Å². The van der Waals surface area contributed by atoms with E-state index in [1.165, 1.54) is 15.9 Å². The number of thiophene rings is 1. The van der Waals surface area contributed by atoms with E-state index in [4.69, 9.17) is 10.00 Å². The molecule has 3 rings (SSSR count). The maximum atomic E-state index is 12.5. The fraction of sp³-hybridized carbons (Fsp3) is 0.167. The van der Waals surface area contributed by atoms with Gasteiger partial charge in [0.25, 0.3) is 11.5 Å². The molecule has 8 nitrogen and oxygen atoms in total. The summed E-state index contributed by atoms with van der Waals surface area (Å²) in [5.74, 6) is -0.879. The number of para-hydroxylation sites is 1. The van der Waals surface area contributed by atoms with Crippen LogP contribution in [-0.2, 0) is 22.7 Å². The number of nitrogens with zero attached hydrogens (tertiary/aromatic N) is 3. The van der Waals surface area contributed by atoms with Crippen LogP contribution in [0.1, 0.15) is 15.5 Å². The van der Waals surface area contributed by atoms with Gasteiger partial charge < -0.3 is 10.1 Å². The summed E-state index contributed by atoms with van der Waals surface area (Å²) in [6.45, 7) is -0.805. The maximum Gasteiger partial charge on any atom is 0.325 e. The van der Waals surface area contributed by atoms with Gasteiger partial charge in [-0.2, -0.15) is 5.26 Å². The minimum Gasteiger partial charge on any atom is -0.456 e. The van der Waals surface area contributed by atoms with E-state index in [-0.39, 0.29) is 37.0 Å². The molecule has 0 unspecified atom stereocenters. The molecule has 0 atom stereocenters. The molecule has 1 aromatic carbocycles. The van der Waals surface area contributed by atoms with Crippen molar-refractivity contribution in [1.82, 2.24) is 14.9 Å². The Morgan fingerprint density at radius 3 is 2.81 bits per heavy atom. The summed E-state index contributed by atoms with van der Waals surface area (Å²) in [6, 6.07) is 12.0. The van der Waals surface area contributed by atoms with Gasteiger partial charge in [0.15, 0.2) is 5.82 Å². The van der Waals surface area contributed by atoms with Gasteiger partial charge in [-0.25, -0.2) is 4.98 Å². The number of nitriles is 1. The van der Waals surface area contributed by atoms with Gasteiger partial charge in [0, 0.05) is 0 Å². The van der Waals surface area contributed by atoms with Crippen LogP contribution in [0.3, 0.4) is 0 Å². The number of amides is 1. The largest absolute Gasteiger partial charge is 0.456 e. The number of nitrogens with one attached hydrogen (secondary N) is 1. The van der Waals surface area contributed by atoms with Crippen molar-refractivity contribution in [2.75, 3.05) is 6.54 Å². The fourth-order valence-electron chi connectivity index (χ4n) is 2.40. The van der Waals surface area contributed by atoms with Gasteiger partial charge in [0.1, 0.15) is 19.7 Å². The van der Waals surface area contributed by atoms with E-state index in [1.807, 2.05) is 6.07 Å². The first-order valence-corrected chi connectivity index (χ1v) is 8.81. The first-order chi connectivity index (χ1) is 13.1. The number of aromatic nitrogens is 2. The molecule has 0 saturated heterocycles. The van der Waals surface area contributed by atoms with Gasteiger partial charge >= 0.3 is 5.97 Å². The van der Waals surface area contributed by atoms with Crippen LogP contribution in [0.25, 0.3) is 10.9 Å². The van der Waals surface area contributed by atoms with E-state index >= 15 is 0 Å². The highest BCUT2D eigenvalue weighted by molar-refractivity contribution is 7.12. The zero-order valence-corrected chi connectivity index (χ0v) is 14.9. The van der Waals surface area contributed by atoms with E-state index < -0.39 is 5.97 Å². The monoisotopic (exact) mass is 382 g/mol. The second-order valence-corrected chi connectivity index (χ2v) is 6.36. The van der Waals surface area contributed by atoms with E-state index in [1.54, 1.807) is 41.8 Å². The zero-order valence-electron chi connectivity index (χ0n) is 14.0. The average Bonchev–Trinajstić information content (AvgIpc) is 3.22. The number of rotatable bonds is 6. The third-order valence-electron chi connectivity index (χ3n) is 3.67. The van der Waals surface area contributed by atoms with Crippen LogP contribution in [0.2, 0.25) is 0 Å². The number of benzene rings is 1. The van der Waals surface area contributed by atoms with Gasteiger partial charge in [0.05, 0.1) is 21.8 Å². The smallest absolute Gasteiger partial charge is 0.325 e. The molecule has 0 aliphatic heterocycles. The van der Waals surface area contributed by atoms with Crippen LogP contribution < -0.4 is 10.9 Å². The second kappa shape index (κ2) is 8.25. The van der Waals surface area contributed by atoms with Crippen LogP contribution in [-0.4, -0.2) is 28.0 Å². The van der Waals surface area contributed by atoms with E-state index in [2.05, 4.69) is 10.3 Å². The number of carbonyl (C=O) groups is 2. The Bertz CT molecular complexity index is 1080. The molecule has 0 radical (unpaired) electrons. The van der Waals surface area contributed by atoms with E-state index in [0.717, 1.165) is 0 Å². The van der Waals surface area contributed by atoms with Crippen molar-refractivity contribution in [2.24, 2.45) is 0 Å².